The topological polar surface area (TPSA) is 401 Å². The first-order valence-corrected chi connectivity index (χ1v) is 31.2. The largest absolute Gasteiger partial charge is 1.00 e. The summed E-state index contributed by atoms with van der Waals surface area (Å²) in [4.78, 5) is 0. The van der Waals surface area contributed by atoms with Crippen LogP contribution in [0.5, 0.6) is 0 Å². The van der Waals surface area contributed by atoms with Crippen molar-refractivity contribution in [3.05, 3.63) is 23.8 Å². The fourth-order valence-electron chi connectivity index (χ4n) is 15.5. The van der Waals surface area contributed by atoms with E-state index in [1.807, 2.05) is 6.92 Å². The summed E-state index contributed by atoms with van der Waals surface area (Å²) in [6, 6.07) is 0. The van der Waals surface area contributed by atoms with Crippen LogP contribution in [0, 0.1) is 40.4 Å². The maximum atomic E-state index is 12.4. The molecule has 3 saturated carbocycles. The predicted molar refractivity (Wildman–Crippen MR) is 287 cm³/mol. The molecule has 0 unspecified atom stereocenters. The van der Waals surface area contributed by atoms with Crippen molar-refractivity contribution in [1.29, 1.82) is 0 Å². The Morgan fingerprint density at radius 1 is 0.647 bits per heavy atom. The molecule has 9 rings (SSSR count). The van der Waals surface area contributed by atoms with Crippen LogP contribution in [0.3, 0.4) is 0 Å². The van der Waals surface area contributed by atoms with Crippen molar-refractivity contribution in [3.63, 3.8) is 0 Å². The van der Waals surface area contributed by atoms with Gasteiger partial charge in [0.25, 0.3) is 0 Å². The molecular weight excluding hydrogens is 1160 g/mol. The predicted octanol–water partition coefficient (Wildman–Crippen LogP) is -4.00. The van der Waals surface area contributed by atoms with Gasteiger partial charge in [0.15, 0.2) is 31.5 Å². The first kappa shape index (κ1) is 70.3. The van der Waals surface area contributed by atoms with E-state index in [4.69, 9.17) is 51.6 Å². The molecule has 484 valence electrons. The van der Waals surface area contributed by atoms with E-state index in [1.165, 1.54) is 33.3 Å². The molecule has 12 N–H and O–H groups in total. The molecule has 5 heterocycles. The summed E-state index contributed by atoms with van der Waals surface area (Å²) in [5.74, 6) is -0.264. The van der Waals surface area contributed by atoms with Gasteiger partial charge in [0.1, 0.15) is 91.6 Å². The summed E-state index contributed by atoms with van der Waals surface area (Å²) in [5.41, 5.74) is 0.323. The minimum absolute atomic E-state index is 0. The monoisotopic (exact) mass is 1250 g/mol. The van der Waals surface area contributed by atoms with Gasteiger partial charge in [-0.2, -0.15) is 0 Å². The molecule has 26 nitrogen and oxygen atoms in total. The van der Waals surface area contributed by atoms with Crippen LogP contribution in [0.2, 0.25) is 0 Å². The molecule has 0 bridgehead atoms. The third kappa shape index (κ3) is 14.1. The second kappa shape index (κ2) is 27.2. The van der Waals surface area contributed by atoms with E-state index in [2.05, 4.69) is 40.3 Å². The molecule has 8 fully saturated rings. The molecule has 9 aliphatic rings. The van der Waals surface area contributed by atoms with Gasteiger partial charge < -0.3 is 113 Å². The van der Waals surface area contributed by atoms with Crippen LogP contribution in [0.25, 0.3) is 0 Å². The van der Waals surface area contributed by atoms with Crippen LogP contribution < -0.4 is 29.6 Å². The second-order valence-corrected chi connectivity index (χ2v) is 27.6. The maximum Gasteiger partial charge on any atom is 1.00 e. The Bertz CT molecular complexity index is 2410. The van der Waals surface area contributed by atoms with E-state index < -0.39 is 194 Å². The molecule has 5 saturated heterocycles. The summed E-state index contributed by atoms with van der Waals surface area (Å²) >= 11 is 0. The normalized spacial score (nSPS) is 51.1. The van der Waals surface area contributed by atoms with Crippen molar-refractivity contribution >= 4 is 10.4 Å². The summed E-state index contributed by atoms with van der Waals surface area (Å²) in [6.45, 7) is 19.8. The number of allylic oxidation sites excluding steroid dienone is 3. The SMILES string of the molecule is C=C(CC[C@](C)(O)[C@H]1CC[C@H]2[C@@H]3C[C@H](O[C@@H]4O[C@H](C)[C@@H](O)[C@H](O[C@@H]5OC[C@@H](O[C@@H]6O[C@H](C)[C@H](O)[C@H](O)[C@H]6O[C@@H]6O[C@H](C)[C@H](O)[C@H](O)[C@H]6O)[C@H](O)[C@H]5O[C@@H]5O[C@H](C)[C@@H](O)[C@H](O)[C@H]5O)[C@H]4O)[C@H]4C[C@@H](OS(=O)(=O)[O-])CC[C@]4(C)C3=CC[C@@]21C)C(C)C.[Na+]. The Morgan fingerprint density at radius 3 is 1.72 bits per heavy atom. The van der Waals surface area contributed by atoms with Crippen LogP contribution >= 0.6 is 0 Å². The van der Waals surface area contributed by atoms with Crippen molar-refractivity contribution in [1.82, 2.24) is 0 Å². The zero-order chi connectivity index (χ0) is 61.6. The van der Waals surface area contributed by atoms with E-state index in [0.29, 0.717) is 32.1 Å². The molecule has 0 aromatic rings. The number of fused-ring (bicyclic) bond motifs is 5. The van der Waals surface area contributed by atoms with Gasteiger partial charge in [-0.05, 0) is 133 Å². The van der Waals surface area contributed by atoms with Gasteiger partial charge in [0.2, 0.25) is 10.4 Å². The van der Waals surface area contributed by atoms with E-state index in [1.54, 1.807) is 0 Å². The number of aliphatic hydroxyl groups is 12. The zero-order valence-electron chi connectivity index (χ0n) is 50.2. The van der Waals surface area contributed by atoms with Crippen molar-refractivity contribution in [2.45, 2.75) is 285 Å². The van der Waals surface area contributed by atoms with Gasteiger partial charge in [0.05, 0.1) is 48.8 Å². The molecule has 0 spiro atoms. The van der Waals surface area contributed by atoms with Crippen molar-refractivity contribution in [2.24, 2.45) is 40.4 Å². The number of aliphatic hydroxyl groups excluding tert-OH is 11. The second-order valence-electron chi connectivity index (χ2n) is 26.6. The quantitative estimate of drug-likeness (QED) is 0.0286. The van der Waals surface area contributed by atoms with Gasteiger partial charge in [-0.3, -0.25) is 4.18 Å². The molecular formula is C57H93NaO26S. The fourth-order valence-corrected chi connectivity index (χ4v) is 16.0. The third-order valence-corrected chi connectivity index (χ3v) is 21.3. The van der Waals surface area contributed by atoms with Crippen LogP contribution in [-0.2, 0) is 62.0 Å². The molecule has 0 amide bonds. The number of hydrogen-bond acceptors (Lipinski definition) is 26. The van der Waals surface area contributed by atoms with E-state index in [0.717, 1.165) is 18.4 Å². The van der Waals surface area contributed by atoms with Crippen molar-refractivity contribution in [3.8, 4) is 0 Å². The Kier molecular flexibility index (Phi) is 22.5. The maximum absolute atomic E-state index is 12.4. The van der Waals surface area contributed by atoms with Crippen molar-refractivity contribution in [2.75, 3.05) is 6.61 Å². The van der Waals surface area contributed by atoms with Gasteiger partial charge in [-0.15, -0.1) is 0 Å². The Hall–Kier alpha value is -0.530. The van der Waals surface area contributed by atoms with Crippen LogP contribution in [0.1, 0.15) is 120 Å². The third-order valence-electron chi connectivity index (χ3n) is 20.8. The minimum atomic E-state index is -5.10. The van der Waals surface area contributed by atoms with Gasteiger partial charge in [-0.1, -0.05) is 51.5 Å². The molecule has 28 heteroatoms. The smallest absolute Gasteiger partial charge is 0.726 e. The van der Waals surface area contributed by atoms with Crippen LogP contribution in [-0.4, -0.2) is 246 Å². The van der Waals surface area contributed by atoms with Crippen molar-refractivity contribution < 1.29 is 155 Å². The summed E-state index contributed by atoms with van der Waals surface area (Å²) in [5, 5.41) is 135. The molecule has 0 aromatic heterocycles. The van der Waals surface area contributed by atoms with E-state index >= 15 is 0 Å². The summed E-state index contributed by atoms with van der Waals surface area (Å²) in [6.07, 6.45) is -33.8. The summed E-state index contributed by atoms with van der Waals surface area (Å²) < 4.78 is 103. The molecule has 0 radical (unpaired) electrons. The molecule has 4 aliphatic carbocycles. The first-order valence-electron chi connectivity index (χ1n) is 29.9. The molecule has 85 heavy (non-hydrogen) atoms. The molecule has 0 aromatic carbocycles. The first-order chi connectivity index (χ1) is 39.2. The van der Waals surface area contributed by atoms with Crippen LogP contribution in [0.15, 0.2) is 23.8 Å². The Balaban J connectivity index is 0.00000940. The van der Waals surface area contributed by atoms with Gasteiger partial charge >= 0.3 is 29.6 Å². The minimum Gasteiger partial charge on any atom is -0.726 e. The average molecular weight is 1250 g/mol. The number of rotatable bonds is 17. The number of ether oxygens (including phenoxy) is 10. The van der Waals surface area contributed by atoms with Gasteiger partial charge in [-0.25, -0.2) is 8.42 Å². The molecule has 33 atom stereocenters. The van der Waals surface area contributed by atoms with Crippen LogP contribution in [0.4, 0.5) is 0 Å². The Labute approximate surface area is 519 Å². The standard InChI is InChI=1S/C57H94O26S.Na/c1-22(2)23(3)13-18-57(10,69)35-12-11-30-29-20-33(32-19-28(83-84(70,71)72)14-16-55(32,8)31(29)15-17-56(30,35)9)78-52-46(68)47(39(61)27(7)76-52)80-53-48(81-50-44(66)41(63)36(58)24(4)74-50)40(62)34(21-73-53)79-54-49(43(65)38(60)26(6)77-54)82-51-45(67)42(64)37(59)25(5)75-51;/h15,22,24-30,32-54,58-69H,3,11-14,16-21H2,1-2,4-10H3,(H,70,71,72);/q;+1/p-1/t24-,25-,26-,27-,28+,29+,30+,32-,33+,34-,35+,36-,37+,38+,39-,40+,41+,42+,43+,44-,45-,46-,47+,48-,49-,50+,51+,52+,53+,54+,55-,56+,57+;/m1./s1. The fraction of sp³-hybridized carbons (Fsp3) is 0.930. The molecule has 5 aliphatic heterocycles. The summed E-state index contributed by atoms with van der Waals surface area (Å²) in [7, 11) is -5.10. The zero-order valence-corrected chi connectivity index (χ0v) is 53.1. The van der Waals surface area contributed by atoms with E-state index in [-0.39, 0.29) is 71.5 Å². The van der Waals surface area contributed by atoms with E-state index in [9.17, 15) is 74.2 Å². The Morgan fingerprint density at radius 2 is 1.15 bits per heavy atom. The average Bonchev–Trinajstić information content (AvgIpc) is 1.78. The van der Waals surface area contributed by atoms with Gasteiger partial charge in [0, 0.05) is 0 Å². The number of hydrogen-bond donors (Lipinski definition) is 12.